The summed E-state index contributed by atoms with van der Waals surface area (Å²) in [5.74, 6) is -0.0568. The van der Waals surface area contributed by atoms with E-state index in [1.165, 1.54) is 25.3 Å². The highest BCUT2D eigenvalue weighted by Gasteiger charge is 2.26. The first-order valence-corrected chi connectivity index (χ1v) is 8.67. The molecule has 1 unspecified atom stereocenters. The molecule has 22 heavy (non-hydrogen) atoms. The summed E-state index contributed by atoms with van der Waals surface area (Å²) in [6.07, 6.45) is 1.85. The highest BCUT2D eigenvalue weighted by atomic mass is 32.2. The maximum Gasteiger partial charge on any atom is 0.256 e. The Labute approximate surface area is 130 Å². The number of carbonyl (C=O) groups excluding carboxylic acids is 1. The van der Waals surface area contributed by atoms with Crippen LogP contribution in [0.5, 0.6) is 5.75 Å². The molecule has 1 aliphatic heterocycles. The molecule has 0 spiro atoms. The van der Waals surface area contributed by atoms with Gasteiger partial charge in [0.1, 0.15) is 5.75 Å². The van der Waals surface area contributed by atoms with Gasteiger partial charge in [-0.3, -0.25) is 9.69 Å². The van der Waals surface area contributed by atoms with Crippen molar-refractivity contribution in [2.75, 3.05) is 20.2 Å². The summed E-state index contributed by atoms with van der Waals surface area (Å²) in [5, 5.41) is 8.04. The molecule has 1 aromatic rings. The first-order valence-electron chi connectivity index (χ1n) is 7.12. The van der Waals surface area contributed by atoms with Crippen LogP contribution < -0.4 is 15.2 Å². The van der Waals surface area contributed by atoms with Crippen LogP contribution in [0.2, 0.25) is 0 Å². The van der Waals surface area contributed by atoms with E-state index in [-0.39, 0.29) is 22.5 Å². The number of rotatable bonds is 5. The largest absolute Gasteiger partial charge is 0.496 e. The molecule has 3 N–H and O–H groups in total. The van der Waals surface area contributed by atoms with Crippen LogP contribution in [0.25, 0.3) is 0 Å². The van der Waals surface area contributed by atoms with Crippen LogP contribution in [-0.2, 0) is 10.0 Å². The summed E-state index contributed by atoms with van der Waals surface area (Å²) in [6.45, 7) is 3.82. The number of hydrogen-bond donors (Lipinski definition) is 2. The Hall–Kier alpha value is -1.64. The smallest absolute Gasteiger partial charge is 0.256 e. The fourth-order valence-electron chi connectivity index (χ4n) is 2.64. The summed E-state index contributed by atoms with van der Waals surface area (Å²) in [4.78, 5) is 14.5. The van der Waals surface area contributed by atoms with Crippen molar-refractivity contribution in [1.29, 1.82) is 0 Å². The van der Waals surface area contributed by atoms with Crippen LogP contribution in [0.1, 0.15) is 30.1 Å². The van der Waals surface area contributed by atoms with Crippen molar-refractivity contribution in [3.05, 3.63) is 23.8 Å². The molecule has 1 aliphatic rings. The Kier molecular flexibility index (Phi) is 5.05. The van der Waals surface area contributed by atoms with E-state index in [4.69, 9.17) is 9.88 Å². The molecule has 1 atom stereocenters. The van der Waals surface area contributed by atoms with E-state index in [2.05, 4.69) is 10.2 Å². The van der Waals surface area contributed by atoms with Gasteiger partial charge in [-0.15, -0.1) is 0 Å². The molecule has 1 saturated heterocycles. The first-order chi connectivity index (χ1) is 10.4. The second-order valence-electron chi connectivity index (χ2n) is 5.17. The number of primary sulfonamides is 1. The fraction of sp³-hybridized carbons (Fsp3) is 0.500. The van der Waals surface area contributed by atoms with Gasteiger partial charge in [0.15, 0.2) is 0 Å². The summed E-state index contributed by atoms with van der Waals surface area (Å²) >= 11 is 0. The molecule has 0 aliphatic carbocycles. The van der Waals surface area contributed by atoms with Crippen LogP contribution in [0.15, 0.2) is 23.1 Å². The van der Waals surface area contributed by atoms with Crippen LogP contribution in [0.3, 0.4) is 0 Å². The summed E-state index contributed by atoms with van der Waals surface area (Å²) in [6, 6.07) is 3.99. The van der Waals surface area contributed by atoms with Crippen LogP contribution >= 0.6 is 0 Å². The molecule has 0 saturated carbocycles. The number of nitrogens with two attached hydrogens (primary N) is 1. The van der Waals surface area contributed by atoms with E-state index in [1.54, 1.807) is 0 Å². The average Bonchev–Trinajstić information content (AvgIpc) is 2.92. The predicted molar refractivity (Wildman–Crippen MR) is 82.1 cm³/mol. The zero-order chi connectivity index (χ0) is 16.3. The monoisotopic (exact) mass is 327 g/mol. The number of benzene rings is 1. The van der Waals surface area contributed by atoms with E-state index in [0.29, 0.717) is 5.75 Å². The Morgan fingerprint density at radius 2 is 2.23 bits per heavy atom. The van der Waals surface area contributed by atoms with Crippen molar-refractivity contribution >= 4 is 15.9 Å². The van der Waals surface area contributed by atoms with Gasteiger partial charge in [0.2, 0.25) is 10.0 Å². The maximum absolute atomic E-state index is 12.5. The first kappa shape index (κ1) is 16.7. The Bertz CT molecular complexity index is 660. The zero-order valence-corrected chi connectivity index (χ0v) is 13.5. The lowest BCUT2D eigenvalue weighted by atomic mass is 10.2. The number of methoxy groups -OCH3 is 1. The lowest BCUT2D eigenvalue weighted by Gasteiger charge is -2.24. The molecule has 7 nitrogen and oxygen atoms in total. The third kappa shape index (κ3) is 3.57. The standard InChI is InChI=1S/C14H21N3O4S/c1-3-17-8-4-5-13(17)16-14(18)11-9-10(22(15,19)20)6-7-12(11)21-2/h6-7,9,13H,3-5,8H2,1-2H3,(H,16,18)(H2,15,19,20). The Morgan fingerprint density at radius 1 is 1.50 bits per heavy atom. The van der Waals surface area contributed by atoms with Gasteiger partial charge >= 0.3 is 0 Å². The zero-order valence-electron chi connectivity index (χ0n) is 12.7. The molecule has 122 valence electrons. The van der Waals surface area contributed by atoms with Crippen molar-refractivity contribution in [3.63, 3.8) is 0 Å². The second-order valence-corrected chi connectivity index (χ2v) is 6.73. The average molecular weight is 327 g/mol. The van der Waals surface area contributed by atoms with Gasteiger partial charge in [0.25, 0.3) is 5.91 Å². The molecule has 0 aromatic heterocycles. The molecule has 0 radical (unpaired) electrons. The van der Waals surface area contributed by atoms with Gasteiger partial charge in [-0.25, -0.2) is 13.6 Å². The quantitative estimate of drug-likeness (QED) is 0.820. The second kappa shape index (κ2) is 6.64. The third-order valence-electron chi connectivity index (χ3n) is 3.81. The normalized spacial score (nSPS) is 19.1. The van der Waals surface area contributed by atoms with Gasteiger partial charge in [-0.05, 0) is 37.6 Å². The van der Waals surface area contributed by atoms with Gasteiger partial charge in [0.05, 0.1) is 23.7 Å². The van der Waals surface area contributed by atoms with Crippen molar-refractivity contribution < 1.29 is 17.9 Å². The predicted octanol–water partition coefficient (Wildman–Crippen LogP) is 0.514. The Balaban J connectivity index is 2.28. The van der Waals surface area contributed by atoms with E-state index in [1.807, 2.05) is 6.92 Å². The molecule has 1 fully saturated rings. The van der Waals surface area contributed by atoms with E-state index >= 15 is 0 Å². The Morgan fingerprint density at radius 3 is 2.82 bits per heavy atom. The molecule has 1 heterocycles. The van der Waals surface area contributed by atoms with Crippen molar-refractivity contribution in [3.8, 4) is 5.75 Å². The minimum absolute atomic E-state index is 0.0413. The minimum Gasteiger partial charge on any atom is -0.496 e. The lowest BCUT2D eigenvalue weighted by molar-refractivity contribution is 0.0886. The van der Waals surface area contributed by atoms with E-state index < -0.39 is 10.0 Å². The highest BCUT2D eigenvalue weighted by molar-refractivity contribution is 7.89. The molecule has 1 amide bonds. The van der Waals surface area contributed by atoms with Crippen molar-refractivity contribution in [2.24, 2.45) is 5.14 Å². The number of hydrogen-bond acceptors (Lipinski definition) is 5. The van der Waals surface area contributed by atoms with Gasteiger partial charge in [0, 0.05) is 6.54 Å². The molecular formula is C14H21N3O4S. The number of likely N-dealkylation sites (tertiary alicyclic amines) is 1. The summed E-state index contributed by atoms with van der Waals surface area (Å²) in [5.41, 5.74) is 0.164. The van der Waals surface area contributed by atoms with Crippen LogP contribution in [0, 0.1) is 0 Å². The molecule has 1 aromatic carbocycles. The van der Waals surface area contributed by atoms with Crippen LogP contribution in [0.4, 0.5) is 0 Å². The molecule has 2 rings (SSSR count). The minimum atomic E-state index is -3.87. The number of nitrogens with one attached hydrogen (secondary N) is 1. The number of amides is 1. The fourth-order valence-corrected chi connectivity index (χ4v) is 3.18. The maximum atomic E-state index is 12.5. The van der Waals surface area contributed by atoms with Gasteiger partial charge in [-0.2, -0.15) is 0 Å². The summed E-state index contributed by atoms with van der Waals surface area (Å²) < 4.78 is 28.0. The third-order valence-corrected chi connectivity index (χ3v) is 4.72. The molecular weight excluding hydrogens is 306 g/mol. The topological polar surface area (TPSA) is 102 Å². The van der Waals surface area contributed by atoms with Crippen LogP contribution in [-0.4, -0.2) is 45.6 Å². The van der Waals surface area contributed by atoms with Crippen molar-refractivity contribution in [1.82, 2.24) is 10.2 Å². The molecule has 0 bridgehead atoms. The SMILES string of the molecule is CCN1CCCC1NC(=O)c1cc(S(N)(=O)=O)ccc1OC. The number of carbonyl (C=O) groups is 1. The van der Waals surface area contributed by atoms with E-state index in [0.717, 1.165) is 25.9 Å². The molecule has 8 heteroatoms. The van der Waals surface area contributed by atoms with Gasteiger partial charge in [-0.1, -0.05) is 6.92 Å². The number of nitrogens with zero attached hydrogens (tertiary/aromatic N) is 1. The summed E-state index contributed by atoms with van der Waals surface area (Å²) in [7, 11) is -2.45. The van der Waals surface area contributed by atoms with E-state index in [9.17, 15) is 13.2 Å². The van der Waals surface area contributed by atoms with Gasteiger partial charge < -0.3 is 10.1 Å². The van der Waals surface area contributed by atoms with Crippen molar-refractivity contribution in [2.45, 2.75) is 30.8 Å². The lowest BCUT2D eigenvalue weighted by Crippen LogP contribution is -2.44. The highest BCUT2D eigenvalue weighted by Crippen LogP contribution is 2.23. The number of sulfonamides is 1. The number of ether oxygens (including phenoxy) is 1.